The van der Waals surface area contributed by atoms with Crippen molar-refractivity contribution in [3.63, 3.8) is 0 Å². The fourth-order valence-corrected chi connectivity index (χ4v) is 4.01. The topological polar surface area (TPSA) is 74.3 Å². The molecule has 0 bridgehead atoms. The maximum Gasteiger partial charge on any atom is 0.241 e. The van der Waals surface area contributed by atoms with Crippen molar-refractivity contribution < 1.29 is 9.59 Å². The average molecular weight is 425 g/mol. The van der Waals surface area contributed by atoms with Crippen LogP contribution in [-0.4, -0.2) is 47.9 Å². The summed E-state index contributed by atoms with van der Waals surface area (Å²) in [5.74, 6) is -0.210. The van der Waals surface area contributed by atoms with Crippen LogP contribution in [0.3, 0.4) is 0 Å². The molecule has 0 spiro atoms. The van der Waals surface area contributed by atoms with Crippen LogP contribution in [0.25, 0.3) is 10.2 Å². The molecular formula is C23H28N4O2S. The molecule has 2 N–H and O–H groups in total. The van der Waals surface area contributed by atoms with Gasteiger partial charge < -0.3 is 10.6 Å². The summed E-state index contributed by atoms with van der Waals surface area (Å²) in [7, 11) is 1.77. The lowest BCUT2D eigenvalue weighted by Crippen LogP contribution is -2.44. The number of likely N-dealkylation sites (N-methyl/N-ethyl adjacent to an activating group) is 1. The van der Waals surface area contributed by atoms with E-state index in [-0.39, 0.29) is 18.4 Å². The molecule has 0 aliphatic heterocycles. The summed E-state index contributed by atoms with van der Waals surface area (Å²) in [5, 5.41) is 6.82. The number of aromatic nitrogens is 1. The monoisotopic (exact) mass is 424 g/mol. The number of fused-ring (bicyclic) bond motifs is 1. The zero-order chi connectivity index (χ0) is 21.5. The quantitative estimate of drug-likeness (QED) is 0.550. The molecule has 0 radical (unpaired) electrons. The van der Waals surface area contributed by atoms with Gasteiger partial charge >= 0.3 is 0 Å². The fraction of sp³-hybridized carbons (Fsp3) is 0.348. The molecule has 0 fully saturated rings. The second-order valence-corrected chi connectivity index (χ2v) is 8.49. The maximum atomic E-state index is 12.5. The average Bonchev–Trinajstić information content (AvgIpc) is 3.15. The van der Waals surface area contributed by atoms with E-state index in [4.69, 9.17) is 0 Å². The first-order chi connectivity index (χ1) is 14.5. The van der Waals surface area contributed by atoms with Crippen molar-refractivity contribution in [2.75, 3.05) is 25.5 Å². The van der Waals surface area contributed by atoms with Gasteiger partial charge in [-0.3, -0.25) is 14.5 Å². The van der Waals surface area contributed by atoms with E-state index in [0.29, 0.717) is 6.54 Å². The second kappa shape index (κ2) is 10.3. The van der Waals surface area contributed by atoms with Crippen LogP contribution in [0.2, 0.25) is 0 Å². The van der Waals surface area contributed by atoms with E-state index in [1.165, 1.54) is 4.70 Å². The van der Waals surface area contributed by atoms with Crippen LogP contribution in [0.4, 0.5) is 5.69 Å². The lowest BCUT2D eigenvalue weighted by molar-refractivity contribution is -0.124. The molecular weight excluding hydrogens is 396 g/mol. The van der Waals surface area contributed by atoms with Gasteiger partial charge in [0.15, 0.2) is 0 Å². The number of nitrogens with one attached hydrogen (secondary N) is 2. The number of benzene rings is 2. The van der Waals surface area contributed by atoms with Crippen LogP contribution in [-0.2, 0) is 16.0 Å². The van der Waals surface area contributed by atoms with Crippen molar-refractivity contribution in [3.05, 3.63) is 59.1 Å². The molecule has 6 nitrogen and oxygen atoms in total. The summed E-state index contributed by atoms with van der Waals surface area (Å²) < 4.78 is 1.19. The zero-order valence-corrected chi connectivity index (χ0v) is 18.5. The van der Waals surface area contributed by atoms with Crippen molar-refractivity contribution in [1.29, 1.82) is 0 Å². The molecule has 158 valence electrons. The first-order valence-corrected chi connectivity index (χ1v) is 11.0. The molecule has 2 aromatic carbocycles. The molecule has 0 aliphatic carbocycles. The Morgan fingerprint density at radius 1 is 1.13 bits per heavy atom. The highest BCUT2D eigenvalue weighted by molar-refractivity contribution is 7.18. The SMILES string of the molecule is CCCNC(=O)CN(C)[C@@H](C)C(=O)Nc1ccc(Cc2nc3ccccc3s2)cc1. The Bertz CT molecular complexity index is 967. The van der Waals surface area contributed by atoms with Crippen LogP contribution in [0.15, 0.2) is 48.5 Å². The molecule has 0 unspecified atom stereocenters. The number of anilines is 1. The van der Waals surface area contributed by atoms with E-state index in [0.717, 1.165) is 34.6 Å². The summed E-state index contributed by atoms with van der Waals surface area (Å²) in [4.78, 5) is 30.8. The van der Waals surface area contributed by atoms with Gasteiger partial charge in [-0.15, -0.1) is 11.3 Å². The predicted octanol–water partition coefficient (Wildman–Crippen LogP) is 3.67. The third-order valence-corrected chi connectivity index (χ3v) is 5.96. The molecule has 2 amide bonds. The highest BCUT2D eigenvalue weighted by Crippen LogP contribution is 2.24. The molecule has 3 aromatic rings. The summed E-state index contributed by atoms with van der Waals surface area (Å²) in [6.07, 6.45) is 1.65. The molecule has 30 heavy (non-hydrogen) atoms. The fourth-order valence-electron chi connectivity index (χ4n) is 3.01. The smallest absolute Gasteiger partial charge is 0.241 e. The summed E-state index contributed by atoms with van der Waals surface area (Å²) in [6, 6.07) is 15.5. The molecule has 1 aromatic heterocycles. The molecule has 1 heterocycles. The van der Waals surface area contributed by atoms with E-state index < -0.39 is 6.04 Å². The number of hydrogen-bond donors (Lipinski definition) is 2. The highest BCUT2D eigenvalue weighted by atomic mass is 32.1. The number of para-hydroxylation sites is 1. The second-order valence-electron chi connectivity index (χ2n) is 7.38. The van der Waals surface area contributed by atoms with Crippen LogP contribution < -0.4 is 10.6 Å². The van der Waals surface area contributed by atoms with Crippen molar-refractivity contribution >= 4 is 39.1 Å². The molecule has 0 saturated carbocycles. The molecule has 3 rings (SSSR count). The van der Waals surface area contributed by atoms with Gasteiger partial charge in [0, 0.05) is 18.7 Å². The standard InChI is InChI=1S/C23H28N4O2S/c1-4-13-24-21(28)15-27(3)16(2)23(29)25-18-11-9-17(10-12-18)14-22-26-19-7-5-6-8-20(19)30-22/h5-12,16H,4,13-15H2,1-3H3,(H,24,28)(H,25,29)/t16-/m0/s1. The number of thiazole rings is 1. The van der Waals surface area contributed by atoms with Crippen LogP contribution >= 0.6 is 11.3 Å². The molecule has 0 saturated heterocycles. The minimum absolute atomic E-state index is 0.0711. The third-order valence-electron chi connectivity index (χ3n) is 4.92. The largest absolute Gasteiger partial charge is 0.355 e. The first-order valence-electron chi connectivity index (χ1n) is 10.2. The van der Waals surface area contributed by atoms with Gasteiger partial charge in [-0.25, -0.2) is 4.98 Å². The Morgan fingerprint density at radius 3 is 2.57 bits per heavy atom. The normalized spacial score (nSPS) is 12.1. The Morgan fingerprint density at radius 2 is 1.87 bits per heavy atom. The van der Waals surface area contributed by atoms with Crippen molar-refractivity contribution in [3.8, 4) is 0 Å². The number of carbonyl (C=O) groups is 2. The molecule has 0 aliphatic rings. The first kappa shape index (κ1) is 21.9. The molecule has 1 atom stereocenters. The van der Waals surface area contributed by atoms with Gasteiger partial charge in [0.1, 0.15) is 0 Å². The van der Waals surface area contributed by atoms with Crippen molar-refractivity contribution in [2.45, 2.75) is 32.7 Å². The summed E-state index contributed by atoms with van der Waals surface area (Å²) in [5.41, 5.74) is 2.91. The van der Waals surface area contributed by atoms with Gasteiger partial charge in [-0.05, 0) is 50.2 Å². The minimum Gasteiger partial charge on any atom is -0.355 e. The summed E-state index contributed by atoms with van der Waals surface area (Å²) >= 11 is 1.70. The Kier molecular flexibility index (Phi) is 7.54. The Labute approximate surface area is 181 Å². The van der Waals surface area contributed by atoms with Gasteiger partial charge in [0.25, 0.3) is 0 Å². The van der Waals surface area contributed by atoms with E-state index in [1.54, 1.807) is 30.2 Å². The highest BCUT2D eigenvalue weighted by Gasteiger charge is 2.20. The Balaban J connectivity index is 1.54. The van der Waals surface area contributed by atoms with E-state index in [9.17, 15) is 9.59 Å². The van der Waals surface area contributed by atoms with Crippen LogP contribution in [0.1, 0.15) is 30.8 Å². The number of amides is 2. The predicted molar refractivity (Wildman–Crippen MR) is 123 cm³/mol. The van der Waals surface area contributed by atoms with Gasteiger partial charge in [-0.1, -0.05) is 31.2 Å². The van der Waals surface area contributed by atoms with Gasteiger partial charge in [0.2, 0.25) is 11.8 Å². The summed E-state index contributed by atoms with van der Waals surface area (Å²) in [6.45, 7) is 4.64. The minimum atomic E-state index is -0.417. The van der Waals surface area contributed by atoms with Crippen molar-refractivity contribution in [2.24, 2.45) is 0 Å². The van der Waals surface area contributed by atoms with Crippen LogP contribution in [0, 0.1) is 0 Å². The van der Waals surface area contributed by atoms with Gasteiger partial charge in [-0.2, -0.15) is 0 Å². The van der Waals surface area contributed by atoms with Gasteiger partial charge in [0.05, 0.1) is 27.8 Å². The molecule has 7 heteroatoms. The van der Waals surface area contributed by atoms with Crippen LogP contribution in [0.5, 0.6) is 0 Å². The van der Waals surface area contributed by atoms with E-state index >= 15 is 0 Å². The Hall–Kier alpha value is -2.77. The van der Waals surface area contributed by atoms with E-state index in [2.05, 4.69) is 21.7 Å². The number of rotatable bonds is 9. The maximum absolute atomic E-state index is 12.5. The third kappa shape index (κ3) is 5.87. The van der Waals surface area contributed by atoms with Crippen molar-refractivity contribution in [1.82, 2.24) is 15.2 Å². The van der Waals surface area contributed by atoms with E-state index in [1.807, 2.05) is 49.4 Å². The lowest BCUT2D eigenvalue weighted by atomic mass is 10.1. The number of nitrogens with zero attached hydrogens (tertiary/aromatic N) is 2. The number of hydrogen-bond acceptors (Lipinski definition) is 5. The zero-order valence-electron chi connectivity index (χ0n) is 17.6. The number of carbonyl (C=O) groups excluding carboxylic acids is 2. The lowest BCUT2D eigenvalue weighted by Gasteiger charge is -2.23.